The first kappa shape index (κ1) is 26.0. The van der Waals surface area contributed by atoms with E-state index in [9.17, 15) is 14.3 Å². The number of pyridine rings is 1. The number of hydrogen-bond donors (Lipinski definition) is 2. The average Bonchev–Trinajstić information content (AvgIpc) is 3.49. The second-order valence-corrected chi connectivity index (χ2v) is 10.3. The van der Waals surface area contributed by atoms with Gasteiger partial charge in [-0.25, -0.2) is 19.2 Å². The molecule has 0 aliphatic carbocycles. The number of carbonyl (C=O) groups is 1. The van der Waals surface area contributed by atoms with Crippen molar-refractivity contribution >= 4 is 17.1 Å². The fourth-order valence-corrected chi connectivity index (χ4v) is 5.33. The molecule has 11 heteroatoms. The van der Waals surface area contributed by atoms with E-state index in [-0.39, 0.29) is 29.9 Å². The van der Waals surface area contributed by atoms with E-state index < -0.39 is 11.8 Å². The zero-order valence-electron chi connectivity index (χ0n) is 21.8. The molecule has 2 aliphatic heterocycles. The number of rotatable bonds is 9. The molecule has 0 spiro atoms. The predicted molar refractivity (Wildman–Crippen MR) is 142 cm³/mol. The molecule has 1 atom stereocenters. The summed E-state index contributed by atoms with van der Waals surface area (Å²) in [6.45, 7) is 3.84. The number of fused-ring (bicyclic) bond motifs is 1. The number of carboxylic acids is 1. The van der Waals surface area contributed by atoms with Crippen LogP contribution >= 0.6 is 0 Å². The van der Waals surface area contributed by atoms with Gasteiger partial charge in [-0.3, -0.25) is 4.90 Å². The number of imidazole rings is 1. The van der Waals surface area contributed by atoms with Gasteiger partial charge >= 0.3 is 5.97 Å². The van der Waals surface area contributed by atoms with Crippen LogP contribution in [-0.4, -0.2) is 61.3 Å². The second kappa shape index (κ2) is 11.1. The highest BCUT2D eigenvalue weighted by Crippen LogP contribution is 2.30. The van der Waals surface area contributed by atoms with Gasteiger partial charge in [0.2, 0.25) is 5.88 Å². The minimum atomic E-state index is -1.00. The summed E-state index contributed by atoms with van der Waals surface area (Å²) in [4.78, 5) is 26.3. The summed E-state index contributed by atoms with van der Waals surface area (Å²) >= 11 is 0. The molecule has 0 radical (unpaired) electrons. The van der Waals surface area contributed by atoms with Gasteiger partial charge in [0.1, 0.15) is 35.1 Å². The molecule has 2 N–H and O–H groups in total. The summed E-state index contributed by atoms with van der Waals surface area (Å²) in [5, 5.41) is 18.3. The normalized spacial score (nSPS) is 17.9. The number of likely N-dealkylation sites (tertiary alicyclic amines) is 1. The van der Waals surface area contributed by atoms with Crippen LogP contribution in [0.15, 0.2) is 42.5 Å². The Bertz CT molecular complexity index is 1580. The number of nitrogens with zero attached hydrogens (tertiary/aromatic N) is 5. The zero-order valence-corrected chi connectivity index (χ0v) is 21.8. The molecule has 40 heavy (non-hydrogen) atoms. The summed E-state index contributed by atoms with van der Waals surface area (Å²) < 4.78 is 27.7. The molecule has 4 aromatic rings. The van der Waals surface area contributed by atoms with Crippen molar-refractivity contribution in [1.82, 2.24) is 24.4 Å². The lowest BCUT2D eigenvalue weighted by molar-refractivity contribution is -0.0592. The number of carboxylic acid groups (broad SMARTS) is 1. The second-order valence-electron chi connectivity index (χ2n) is 10.3. The highest BCUT2D eigenvalue weighted by molar-refractivity contribution is 5.91. The fourth-order valence-electron chi connectivity index (χ4n) is 5.33. The molecule has 0 bridgehead atoms. The maximum Gasteiger partial charge on any atom is 0.352 e. The van der Waals surface area contributed by atoms with E-state index in [0.29, 0.717) is 30.0 Å². The number of nitriles is 1. The van der Waals surface area contributed by atoms with Crippen molar-refractivity contribution in [2.24, 2.45) is 0 Å². The van der Waals surface area contributed by atoms with Crippen LogP contribution in [0, 0.1) is 17.1 Å². The third kappa shape index (κ3) is 5.41. The molecule has 1 unspecified atom stereocenters. The van der Waals surface area contributed by atoms with Crippen molar-refractivity contribution in [1.29, 1.82) is 5.26 Å². The van der Waals surface area contributed by atoms with Crippen LogP contribution in [0.4, 0.5) is 4.39 Å². The van der Waals surface area contributed by atoms with Gasteiger partial charge < -0.3 is 24.1 Å². The van der Waals surface area contributed by atoms with Gasteiger partial charge in [0.05, 0.1) is 30.8 Å². The Labute approximate surface area is 230 Å². The standard InChI is InChI=1S/C29H29FN6O4/c30-22-12-18(14-31)4-5-20(22)17-40-27-3-1-2-23(33-27)19-6-9-35(10-7-19)16-26-32-24-13-25(29(37)38)34-28(24)36(26)15-21-8-11-39-21/h1-5,12-13,19,21,34H,6-11,15-17H2,(H,37,38). The van der Waals surface area contributed by atoms with E-state index in [2.05, 4.69) is 14.5 Å². The van der Waals surface area contributed by atoms with E-state index >= 15 is 0 Å². The first-order chi connectivity index (χ1) is 19.5. The monoisotopic (exact) mass is 544 g/mol. The van der Waals surface area contributed by atoms with Crippen LogP contribution in [0.3, 0.4) is 0 Å². The van der Waals surface area contributed by atoms with E-state index in [4.69, 9.17) is 24.7 Å². The van der Waals surface area contributed by atoms with Gasteiger partial charge in [-0.15, -0.1) is 0 Å². The number of ether oxygens (including phenoxy) is 2. The van der Waals surface area contributed by atoms with Gasteiger partial charge in [-0.2, -0.15) is 5.26 Å². The molecule has 0 amide bonds. The molecule has 0 saturated carbocycles. The topological polar surface area (TPSA) is 129 Å². The van der Waals surface area contributed by atoms with Gasteiger partial charge in [0, 0.05) is 29.8 Å². The molecular weight excluding hydrogens is 515 g/mol. The van der Waals surface area contributed by atoms with Gasteiger partial charge in [-0.1, -0.05) is 12.1 Å². The summed E-state index contributed by atoms with van der Waals surface area (Å²) in [6.07, 6.45) is 2.95. The number of aromatic carboxylic acids is 1. The van der Waals surface area contributed by atoms with Crippen molar-refractivity contribution in [3.05, 3.63) is 76.6 Å². The Hall–Kier alpha value is -4.27. The molecule has 3 aromatic heterocycles. The number of H-pyrrole nitrogens is 1. The molecule has 5 heterocycles. The number of nitrogens with one attached hydrogen (secondary N) is 1. The summed E-state index contributed by atoms with van der Waals surface area (Å²) in [5.41, 5.74) is 3.11. The van der Waals surface area contributed by atoms with Crippen LogP contribution in [0.5, 0.6) is 5.88 Å². The van der Waals surface area contributed by atoms with Gasteiger partial charge in [0.25, 0.3) is 0 Å². The lowest BCUT2D eigenvalue weighted by Gasteiger charge is -2.32. The Morgan fingerprint density at radius 1 is 1.20 bits per heavy atom. The summed E-state index contributed by atoms with van der Waals surface area (Å²) in [6, 6.07) is 13.5. The molecule has 10 nitrogen and oxygen atoms in total. The van der Waals surface area contributed by atoms with Crippen molar-refractivity contribution in [3.8, 4) is 11.9 Å². The van der Waals surface area contributed by atoms with Gasteiger partial charge in [-0.05, 0) is 56.6 Å². The minimum absolute atomic E-state index is 0.0347. The smallest absolute Gasteiger partial charge is 0.352 e. The van der Waals surface area contributed by atoms with E-state index in [1.807, 2.05) is 18.2 Å². The van der Waals surface area contributed by atoms with Crippen molar-refractivity contribution in [2.75, 3.05) is 19.7 Å². The number of aromatic amines is 1. The first-order valence-electron chi connectivity index (χ1n) is 13.4. The van der Waals surface area contributed by atoms with Crippen LogP contribution < -0.4 is 4.74 Å². The van der Waals surface area contributed by atoms with Crippen molar-refractivity contribution < 1.29 is 23.8 Å². The Kier molecular flexibility index (Phi) is 7.19. The lowest BCUT2D eigenvalue weighted by Crippen LogP contribution is -2.35. The van der Waals surface area contributed by atoms with Gasteiger partial charge in [0.15, 0.2) is 0 Å². The lowest BCUT2D eigenvalue weighted by atomic mass is 9.93. The Balaban J connectivity index is 1.08. The third-order valence-electron chi connectivity index (χ3n) is 7.69. The van der Waals surface area contributed by atoms with E-state index in [1.54, 1.807) is 24.3 Å². The largest absolute Gasteiger partial charge is 0.477 e. The number of halogens is 1. The van der Waals surface area contributed by atoms with Crippen LogP contribution in [0.1, 0.15) is 58.3 Å². The number of aromatic nitrogens is 4. The number of benzene rings is 1. The van der Waals surface area contributed by atoms with Crippen LogP contribution in [0.2, 0.25) is 0 Å². The van der Waals surface area contributed by atoms with Crippen molar-refractivity contribution in [2.45, 2.75) is 51.0 Å². The Morgan fingerprint density at radius 3 is 2.73 bits per heavy atom. The van der Waals surface area contributed by atoms with Crippen LogP contribution in [-0.2, 0) is 24.4 Å². The molecule has 2 fully saturated rings. The highest BCUT2D eigenvalue weighted by Gasteiger charge is 2.27. The quantitative estimate of drug-likeness (QED) is 0.321. The molecule has 1 aromatic carbocycles. The average molecular weight is 545 g/mol. The summed E-state index contributed by atoms with van der Waals surface area (Å²) in [5.74, 6) is 0.151. The SMILES string of the molecule is N#Cc1ccc(COc2cccc(C3CCN(Cc4nc5cc(C(=O)O)[nH]c5n4CC4CCO4)CC3)n2)c(F)c1. The number of piperidine rings is 1. The number of hydrogen-bond acceptors (Lipinski definition) is 7. The predicted octanol–water partition coefficient (Wildman–Crippen LogP) is 4.22. The zero-order chi connectivity index (χ0) is 27.6. The minimum Gasteiger partial charge on any atom is -0.477 e. The maximum absolute atomic E-state index is 14.2. The highest BCUT2D eigenvalue weighted by atomic mass is 19.1. The molecule has 2 aliphatic rings. The van der Waals surface area contributed by atoms with E-state index in [0.717, 1.165) is 56.1 Å². The fraction of sp³-hybridized carbons (Fsp3) is 0.379. The molecule has 206 valence electrons. The molecular formula is C29H29FN6O4. The Morgan fingerprint density at radius 2 is 2.02 bits per heavy atom. The maximum atomic E-state index is 14.2. The molecule has 6 rings (SSSR count). The third-order valence-corrected chi connectivity index (χ3v) is 7.69. The first-order valence-corrected chi connectivity index (χ1v) is 13.4. The van der Waals surface area contributed by atoms with Crippen molar-refractivity contribution in [3.63, 3.8) is 0 Å². The van der Waals surface area contributed by atoms with E-state index in [1.165, 1.54) is 6.07 Å². The molecule has 2 saturated heterocycles. The summed E-state index contributed by atoms with van der Waals surface area (Å²) in [7, 11) is 0. The van der Waals surface area contributed by atoms with Crippen LogP contribution in [0.25, 0.3) is 11.2 Å².